The molecule has 0 bridgehead atoms. The van der Waals surface area contributed by atoms with Crippen molar-refractivity contribution in [2.24, 2.45) is 0 Å². The molecule has 37 heavy (non-hydrogen) atoms. The van der Waals surface area contributed by atoms with Gasteiger partial charge >= 0.3 is 211 Å². The Morgan fingerprint density at radius 3 is 0.757 bits per heavy atom. The number of hydrogen-bond acceptors (Lipinski definition) is 8. The van der Waals surface area contributed by atoms with Gasteiger partial charge in [-0.25, -0.2) is 0 Å². The molecule has 13 heteroatoms. The van der Waals surface area contributed by atoms with Crippen LogP contribution in [0.3, 0.4) is 0 Å². The summed E-state index contributed by atoms with van der Waals surface area (Å²) < 4.78 is -0.341. The molecule has 4 aromatic carbocycles. The average molecular weight is 544 g/mol. The van der Waals surface area contributed by atoms with Gasteiger partial charge in [-0.1, -0.05) is 0 Å². The molecule has 4 aromatic rings. The molecule has 188 valence electrons. The van der Waals surface area contributed by atoms with Crippen LogP contribution in [0.2, 0.25) is 0 Å². The van der Waals surface area contributed by atoms with Crippen molar-refractivity contribution in [2.75, 3.05) is 0 Å². The second-order valence-electron chi connectivity index (χ2n) is 7.31. The molecule has 0 atom stereocenters. The Hall–Kier alpha value is -5.00. The van der Waals surface area contributed by atoms with Gasteiger partial charge < -0.3 is 0 Å². The molecule has 0 saturated carbocycles. The quantitative estimate of drug-likeness (QED) is 0.185. The van der Waals surface area contributed by atoms with Crippen LogP contribution in [0.5, 0.6) is 0 Å². The number of para-hydroxylation sites is 4. The van der Waals surface area contributed by atoms with E-state index < -0.39 is 55.3 Å². The van der Waals surface area contributed by atoms with E-state index in [4.69, 9.17) is 0 Å². The van der Waals surface area contributed by atoms with Gasteiger partial charge in [0.2, 0.25) is 0 Å². The van der Waals surface area contributed by atoms with Gasteiger partial charge in [-0.15, -0.1) is 0 Å². The minimum absolute atomic E-state index is 0.0853. The Morgan fingerprint density at radius 1 is 0.378 bits per heavy atom. The molecule has 0 unspecified atom stereocenters. The molecule has 0 N–H and O–H groups in total. The normalized spacial score (nSPS) is 11.5. The molecular formula is C24H16FeN4O8. The van der Waals surface area contributed by atoms with Crippen molar-refractivity contribution in [3.63, 3.8) is 0 Å². The van der Waals surface area contributed by atoms with Crippen molar-refractivity contribution in [3.05, 3.63) is 138 Å². The van der Waals surface area contributed by atoms with Gasteiger partial charge in [-0.2, -0.15) is 0 Å². The van der Waals surface area contributed by atoms with Crippen molar-refractivity contribution in [2.45, 2.75) is 0 Å². The molecule has 0 aliphatic carbocycles. The summed E-state index contributed by atoms with van der Waals surface area (Å²) in [5.41, 5.74) is -1.90. The number of nitro groups is 4. The molecule has 4 rings (SSSR count). The van der Waals surface area contributed by atoms with E-state index in [1.165, 1.54) is 97.1 Å². The summed E-state index contributed by atoms with van der Waals surface area (Å²) >= 11 is -4.27. The second kappa shape index (κ2) is 9.93. The van der Waals surface area contributed by atoms with Gasteiger partial charge in [-0.05, 0) is 0 Å². The molecule has 0 radical (unpaired) electrons. The number of nitrogens with zero attached hydrogens (tertiary/aromatic N) is 4. The number of rotatable bonds is 8. The van der Waals surface area contributed by atoms with Crippen LogP contribution >= 0.6 is 0 Å². The summed E-state index contributed by atoms with van der Waals surface area (Å²) in [5, 5.41) is 49.0. The molecule has 0 fully saturated rings. The number of nitro benzene ring substituents is 4. The minimum atomic E-state index is -4.27. The molecule has 0 amide bonds. The van der Waals surface area contributed by atoms with E-state index in [2.05, 4.69) is 0 Å². The first-order chi connectivity index (χ1) is 17.7. The number of hydrogen-bond donors (Lipinski definition) is 0. The van der Waals surface area contributed by atoms with Crippen LogP contribution in [0.1, 0.15) is 0 Å². The summed E-state index contributed by atoms with van der Waals surface area (Å²) in [7, 11) is 0. The van der Waals surface area contributed by atoms with E-state index in [0.717, 1.165) is 0 Å². The van der Waals surface area contributed by atoms with Gasteiger partial charge in [0, 0.05) is 0 Å². The van der Waals surface area contributed by atoms with Crippen molar-refractivity contribution in [3.8, 4) is 0 Å². The third kappa shape index (κ3) is 4.18. The van der Waals surface area contributed by atoms with Crippen LogP contribution in [-0.4, -0.2) is 19.7 Å². The zero-order valence-electron chi connectivity index (χ0n) is 18.6. The molecule has 0 aromatic heterocycles. The molecular weight excluding hydrogens is 528 g/mol. The summed E-state index contributed by atoms with van der Waals surface area (Å²) in [6.45, 7) is 0. The van der Waals surface area contributed by atoms with E-state index >= 15 is 0 Å². The zero-order valence-corrected chi connectivity index (χ0v) is 19.8. The third-order valence-corrected chi connectivity index (χ3v) is 10.7. The fourth-order valence-corrected chi connectivity index (χ4v) is 9.81. The SMILES string of the molecule is O=[N+]([O-])c1cccc[c]1[Fe]([c]1ccccc1[N+](=O)[O-])([c]1ccccc1[N+](=O)[O-])[c]1ccccc1[N+](=O)[O-]. The van der Waals surface area contributed by atoms with Crippen molar-refractivity contribution < 1.29 is 32.5 Å². The topological polar surface area (TPSA) is 173 Å². The molecule has 0 aliphatic rings. The van der Waals surface area contributed by atoms with Crippen LogP contribution in [0.15, 0.2) is 97.1 Å². The van der Waals surface area contributed by atoms with Crippen LogP contribution in [0.25, 0.3) is 0 Å². The zero-order chi connectivity index (χ0) is 26.7. The monoisotopic (exact) mass is 544 g/mol. The van der Waals surface area contributed by atoms with Crippen LogP contribution in [0, 0.1) is 40.5 Å². The van der Waals surface area contributed by atoms with E-state index in [1.807, 2.05) is 0 Å². The molecule has 12 nitrogen and oxygen atoms in total. The summed E-state index contributed by atoms with van der Waals surface area (Å²) in [5.74, 6) is 0. The summed E-state index contributed by atoms with van der Waals surface area (Å²) in [6, 6.07) is 21.5. The average Bonchev–Trinajstić information content (AvgIpc) is 2.90. The molecule has 0 heterocycles. The Bertz CT molecular complexity index is 1340. The van der Waals surface area contributed by atoms with Crippen molar-refractivity contribution >= 4 is 40.6 Å². The Labute approximate surface area is 210 Å². The second-order valence-corrected chi connectivity index (χ2v) is 11.3. The van der Waals surface area contributed by atoms with E-state index in [-0.39, 0.29) is 17.8 Å². The maximum absolute atomic E-state index is 12.2. The van der Waals surface area contributed by atoms with Gasteiger partial charge in [0.05, 0.1) is 0 Å². The van der Waals surface area contributed by atoms with Gasteiger partial charge in [0.15, 0.2) is 0 Å². The molecule has 0 spiro atoms. The van der Waals surface area contributed by atoms with Gasteiger partial charge in [0.25, 0.3) is 0 Å². The molecule has 0 saturated heterocycles. The van der Waals surface area contributed by atoms with Gasteiger partial charge in [-0.3, -0.25) is 0 Å². The van der Waals surface area contributed by atoms with E-state index in [1.54, 1.807) is 0 Å². The third-order valence-electron chi connectivity index (χ3n) is 5.30. The first-order valence-electron chi connectivity index (χ1n) is 10.4. The first-order valence-corrected chi connectivity index (χ1v) is 12.6. The van der Waals surface area contributed by atoms with Crippen molar-refractivity contribution in [1.82, 2.24) is 0 Å². The summed E-state index contributed by atoms with van der Waals surface area (Å²) in [4.78, 5) is 46.2. The van der Waals surface area contributed by atoms with Crippen LogP contribution < -0.4 is 17.8 Å². The fourth-order valence-electron chi connectivity index (χ4n) is 3.89. The Morgan fingerprint density at radius 2 is 0.568 bits per heavy atom. The standard InChI is InChI=1S/4C6H4NO2.Fe/c4*8-7(9)6-4-2-1-3-5-6;/h4*1-4H;. The van der Waals surface area contributed by atoms with E-state index in [9.17, 15) is 40.5 Å². The van der Waals surface area contributed by atoms with Crippen LogP contribution in [0.4, 0.5) is 22.7 Å². The predicted molar refractivity (Wildman–Crippen MR) is 131 cm³/mol. The fraction of sp³-hybridized carbons (Fsp3) is 0. The van der Waals surface area contributed by atoms with Crippen molar-refractivity contribution in [1.29, 1.82) is 0 Å². The predicted octanol–water partition coefficient (Wildman–Crippen LogP) is 3.08. The summed E-state index contributed by atoms with van der Waals surface area (Å²) in [6.07, 6.45) is 0. The molecule has 0 aliphatic heterocycles. The Balaban J connectivity index is 2.42. The van der Waals surface area contributed by atoms with Gasteiger partial charge in [0.1, 0.15) is 0 Å². The maximum atomic E-state index is 12.2. The number of benzene rings is 4. The van der Waals surface area contributed by atoms with Crippen LogP contribution in [-0.2, 0) is 12.8 Å². The first kappa shape index (κ1) is 25.1. The van der Waals surface area contributed by atoms with E-state index in [0.29, 0.717) is 0 Å². The Kier molecular flexibility index (Phi) is 6.74.